The van der Waals surface area contributed by atoms with Crippen LogP contribution in [0.5, 0.6) is 0 Å². The Hall–Kier alpha value is -0.190. The van der Waals surface area contributed by atoms with Crippen LogP contribution in [-0.2, 0) is 4.74 Å². The molecule has 0 aliphatic carbocycles. The molecule has 2 nitrogen and oxygen atoms in total. The van der Waals surface area contributed by atoms with E-state index in [0.29, 0.717) is 0 Å². The fourth-order valence-electron chi connectivity index (χ4n) is 0.909. The van der Waals surface area contributed by atoms with Gasteiger partial charge in [-0.2, -0.15) is 0 Å². The molecule has 0 radical (unpaired) electrons. The van der Waals surface area contributed by atoms with Gasteiger partial charge in [0.05, 0.1) is 6.10 Å². The number of hydrogen-bond acceptors (Lipinski definition) is 3. The van der Waals surface area contributed by atoms with Crippen molar-refractivity contribution in [2.45, 2.75) is 17.9 Å². The summed E-state index contributed by atoms with van der Waals surface area (Å²) in [5.41, 5.74) is 6.42. The summed E-state index contributed by atoms with van der Waals surface area (Å²) in [6.07, 6.45) is 0.268. The van der Waals surface area contributed by atoms with Crippen molar-refractivity contribution >= 4 is 33.4 Å². The maximum atomic E-state index is 5.65. The molecule has 2 N–H and O–H groups in total. The number of nitrogen functional groups attached to an aromatic ring is 1. The van der Waals surface area contributed by atoms with Crippen LogP contribution in [0.15, 0.2) is 27.6 Å². The molecule has 0 saturated carbocycles. The summed E-state index contributed by atoms with van der Waals surface area (Å²) in [5, 5.41) is 0. The molecule has 78 valence electrons. The molecule has 14 heavy (non-hydrogen) atoms. The summed E-state index contributed by atoms with van der Waals surface area (Å²) in [7, 11) is 1.73. The Bertz CT molecular complexity index is 306. The zero-order chi connectivity index (χ0) is 10.6. The lowest BCUT2D eigenvalue weighted by Crippen LogP contribution is -2.07. The summed E-state index contributed by atoms with van der Waals surface area (Å²) < 4.78 is 6.22. The van der Waals surface area contributed by atoms with Crippen molar-refractivity contribution in [2.75, 3.05) is 18.6 Å². The Kier molecular flexibility index (Phi) is 4.78. The van der Waals surface area contributed by atoms with Crippen molar-refractivity contribution in [1.29, 1.82) is 0 Å². The van der Waals surface area contributed by atoms with E-state index in [1.807, 2.05) is 18.2 Å². The molecular weight excluding hydrogens is 262 g/mol. The van der Waals surface area contributed by atoms with Crippen LogP contribution in [0.1, 0.15) is 6.92 Å². The van der Waals surface area contributed by atoms with Crippen LogP contribution in [0.2, 0.25) is 0 Å². The van der Waals surface area contributed by atoms with Crippen LogP contribution >= 0.6 is 27.7 Å². The van der Waals surface area contributed by atoms with Crippen molar-refractivity contribution in [1.82, 2.24) is 0 Å². The fraction of sp³-hybridized carbons (Fsp3) is 0.400. The number of benzene rings is 1. The molecule has 0 bridgehead atoms. The first-order chi connectivity index (χ1) is 6.63. The van der Waals surface area contributed by atoms with Gasteiger partial charge in [0, 0.05) is 27.9 Å². The lowest BCUT2D eigenvalue weighted by molar-refractivity contribution is 0.138. The van der Waals surface area contributed by atoms with Gasteiger partial charge in [-0.25, -0.2) is 0 Å². The second-order valence-corrected chi connectivity index (χ2v) is 4.96. The second kappa shape index (κ2) is 5.63. The largest absolute Gasteiger partial charge is 0.399 e. The van der Waals surface area contributed by atoms with Gasteiger partial charge in [0.1, 0.15) is 0 Å². The first kappa shape index (κ1) is 11.9. The van der Waals surface area contributed by atoms with Gasteiger partial charge >= 0.3 is 0 Å². The average molecular weight is 276 g/mol. The Morgan fingerprint density at radius 2 is 2.29 bits per heavy atom. The highest BCUT2D eigenvalue weighted by Gasteiger charge is 2.04. The van der Waals surface area contributed by atoms with E-state index in [9.17, 15) is 0 Å². The van der Waals surface area contributed by atoms with E-state index >= 15 is 0 Å². The standard InChI is InChI=1S/C10H14BrNOS/c1-7(13-2)6-14-10-4-3-8(12)5-9(10)11/h3-5,7H,6,12H2,1-2H3. The van der Waals surface area contributed by atoms with Gasteiger partial charge in [0.25, 0.3) is 0 Å². The Morgan fingerprint density at radius 3 is 2.86 bits per heavy atom. The molecule has 1 aromatic carbocycles. The summed E-state index contributed by atoms with van der Waals surface area (Å²) in [6.45, 7) is 2.05. The zero-order valence-electron chi connectivity index (χ0n) is 8.29. The lowest BCUT2D eigenvalue weighted by atomic mass is 10.3. The Balaban J connectivity index is 2.59. The summed E-state index contributed by atoms with van der Waals surface area (Å²) in [6, 6.07) is 5.84. The van der Waals surface area contributed by atoms with E-state index in [1.165, 1.54) is 4.90 Å². The van der Waals surface area contributed by atoms with Gasteiger partial charge in [-0.3, -0.25) is 0 Å². The molecule has 1 unspecified atom stereocenters. The third-order valence-corrected chi connectivity index (χ3v) is 4.05. The quantitative estimate of drug-likeness (QED) is 0.677. The van der Waals surface area contributed by atoms with E-state index < -0.39 is 0 Å². The number of hydrogen-bond donors (Lipinski definition) is 1. The van der Waals surface area contributed by atoms with E-state index in [0.717, 1.165) is 15.9 Å². The molecule has 0 spiro atoms. The van der Waals surface area contributed by atoms with E-state index in [1.54, 1.807) is 18.9 Å². The molecule has 1 rings (SSSR count). The Labute approximate surface area is 97.3 Å². The van der Waals surface area contributed by atoms with Crippen molar-refractivity contribution in [2.24, 2.45) is 0 Å². The van der Waals surface area contributed by atoms with Crippen LogP contribution < -0.4 is 5.73 Å². The van der Waals surface area contributed by atoms with Crippen LogP contribution in [-0.4, -0.2) is 19.0 Å². The highest BCUT2D eigenvalue weighted by atomic mass is 79.9. The number of nitrogens with two attached hydrogens (primary N) is 1. The molecule has 0 aromatic heterocycles. The summed E-state index contributed by atoms with van der Waals surface area (Å²) in [5.74, 6) is 0.943. The van der Waals surface area contributed by atoms with Crippen molar-refractivity contribution in [3.63, 3.8) is 0 Å². The average Bonchev–Trinajstić information content (AvgIpc) is 2.16. The monoisotopic (exact) mass is 275 g/mol. The summed E-state index contributed by atoms with van der Waals surface area (Å²) in [4.78, 5) is 1.20. The molecule has 0 aliphatic rings. The van der Waals surface area contributed by atoms with Crippen molar-refractivity contribution in [3.8, 4) is 0 Å². The molecule has 1 atom stereocenters. The molecular formula is C10H14BrNOS. The smallest absolute Gasteiger partial charge is 0.0637 e. The minimum Gasteiger partial charge on any atom is -0.399 e. The lowest BCUT2D eigenvalue weighted by Gasteiger charge is -2.09. The second-order valence-electron chi connectivity index (χ2n) is 3.05. The third kappa shape index (κ3) is 3.52. The highest BCUT2D eigenvalue weighted by molar-refractivity contribution is 9.10. The highest BCUT2D eigenvalue weighted by Crippen LogP contribution is 2.29. The minimum absolute atomic E-state index is 0.268. The van der Waals surface area contributed by atoms with Crippen LogP contribution in [0.3, 0.4) is 0 Å². The third-order valence-electron chi connectivity index (χ3n) is 1.83. The van der Waals surface area contributed by atoms with Gasteiger partial charge in [-0.05, 0) is 41.1 Å². The SMILES string of the molecule is COC(C)CSc1ccc(N)cc1Br. The molecule has 0 aliphatic heterocycles. The van der Waals surface area contributed by atoms with Crippen molar-refractivity contribution < 1.29 is 4.74 Å². The molecule has 0 fully saturated rings. The van der Waals surface area contributed by atoms with Crippen LogP contribution in [0.25, 0.3) is 0 Å². The molecule has 0 saturated heterocycles. The van der Waals surface area contributed by atoms with Crippen molar-refractivity contribution in [3.05, 3.63) is 22.7 Å². The first-order valence-electron chi connectivity index (χ1n) is 4.34. The van der Waals surface area contributed by atoms with Gasteiger partial charge in [-0.15, -0.1) is 11.8 Å². The van der Waals surface area contributed by atoms with E-state index in [2.05, 4.69) is 22.9 Å². The van der Waals surface area contributed by atoms with Crippen LogP contribution in [0, 0.1) is 0 Å². The van der Waals surface area contributed by atoms with Gasteiger partial charge < -0.3 is 10.5 Å². The first-order valence-corrected chi connectivity index (χ1v) is 6.12. The van der Waals surface area contributed by atoms with Gasteiger partial charge in [0.2, 0.25) is 0 Å². The van der Waals surface area contributed by atoms with Gasteiger partial charge in [-0.1, -0.05) is 0 Å². The minimum atomic E-state index is 0.268. The molecule has 0 heterocycles. The number of anilines is 1. The predicted molar refractivity (Wildman–Crippen MR) is 65.7 cm³/mol. The van der Waals surface area contributed by atoms with Gasteiger partial charge in [0.15, 0.2) is 0 Å². The summed E-state index contributed by atoms with van der Waals surface area (Å²) >= 11 is 5.24. The number of ether oxygens (including phenoxy) is 1. The molecule has 1 aromatic rings. The number of rotatable bonds is 4. The Morgan fingerprint density at radius 1 is 1.57 bits per heavy atom. The maximum Gasteiger partial charge on any atom is 0.0637 e. The molecule has 0 amide bonds. The van der Waals surface area contributed by atoms with E-state index in [-0.39, 0.29) is 6.10 Å². The normalized spacial score (nSPS) is 12.8. The fourth-order valence-corrected chi connectivity index (χ4v) is 2.56. The number of halogens is 1. The number of methoxy groups -OCH3 is 1. The predicted octanol–water partition coefficient (Wildman–Crippen LogP) is 3.16. The topological polar surface area (TPSA) is 35.2 Å². The maximum absolute atomic E-state index is 5.65. The zero-order valence-corrected chi connectivity index (χ0v) is 10.7. The van der Waals surface area contributed by atoms with Crippen LogP contribution in [0.4, 0.5) is 5.69 Å². The van der Waals surface area contributed by atoms with E-state index in [4.69, 9.17) is 10.5 Å². The number of thioether (sulfide) groups is 1. The molecule has 4 heteroatoms.